The molecule has 2 aliphatic heterocycles. The monoisotopic (exact) mass is 377 g/mol. The summed E-state index contributed by atoms with van der Waals surface area (Å²) in [6.07, 6.45) is 2.66. The van der Waals surface area contributed by atoms with Crippen LogP contribution in [0.4, 0.5) is 5.69 Å². The van der Waals surface area contributed by atoms with Crippen molar-refractivity contribution < 1.29 is 23.8 Å². The van der Waals surface area contributed by atoms with Crippen LogP contribution in [0.1, 0.15) is 36.0 Å². The molecule has 2 atom stereocenters. The second-order valence-corrected chi connectivity index (χ2v) is 6.80. The van der Waals surface area contributed by atoms with Crippen molar-refractivity contribution in [3.05, 3.63) is 17.7 Å². The van der Waals surface area contributed by atoms with Crippen LogP contribution in [0, 0.1) is 0 Å². The number of hydrogen-bond acceptors (Lipinski definition) is 6. The number of anilines is 1. The number of methoxy groups -OCH3 is 2. The molecule has 0 aromatic heterocycles. The number of carbonyl (C=O) groups is 2. The zero-order valence-electron chi connectivity index (χ0n) is 15.8. The molecular formula is C19H27N3O5. The zero-order valence-corrected chi connectivity index (χ0v) is 15.8. The minimum atomic E-state index is -0.568. The highest BCUT2D eigenvalue weighted by Crippen LogP contribution is 2.35. The van der Waals surface area contributed by atoms with E-state index in [1.165, 1.54) is 14.2 Å². The normalized spacial score (nSPS) is 22.0. The van der Waals surface area contributed by atoms with Crippen LogP contribution in [0.3, 0.4) is 0 Å². The number of amides is 2. The largest absolute Gasteiger partial charge is 0.493 e. The average Bonchev–Trinajstić information content (AvgIpc) is 3.38. The quantitative estimate of drug-likeness (QED) is 0.776. The van der Waals surface area contributed by atoms with Gasteiger partial charge in [-0.25, -0.2) is 0 Å². The van der Waals surface area contributed by atoms with Crippen molar-refractivity contribution in [2.45, 2.75) is 37.9 Å². The Kier molecular flexibility index (Phi) is 6.18. The number of carbonyl (C=O) groups excluding carboxylic acids is 2. The molecular weight excluding hydrogens is 350 g/mol. The van der Waals surface area contributed by atoms with E-state index in [1.807, 2.05) is 0 Å². The van der Waals surface area contributed by atoms with E-state index in [4.69, 9.17) is 19.9 Å². The van der Waals surface area contributed by atoms with Gasteiger partial charge in [-0.3, -0.25) is 9.59 Å². The van der Waals surface area contributed by atoms with Gasteiger partial charge in [0.15, 0.2) is 11.5 Å². The molecule has 0 spiro atoms. The molecule has 3 rings (SSSR count). The fraction of sp³-hybridized carbons (Fsp3) is 0.579. The summed E-state index contributed by atoms with van der Waals surface area (Å²) in [5, 5.41) is 2.84. The van der Waals surface area contributed by atoms with E-state index in [0.717, 1.165) is 19.3 Å². The minimum absolute atomic E-state index is 0.100. The Labute approximate surface area is 158 Å². The lowest BCUT2D eigenvalue weighted by atomic mass is 10.1. The van der Waals surface area contributed by atoms with E-state index in [-0.39, 0.29) is 17.9 Å². The molecule has 148 valence electrons. The summed E-state index contributed by atoms with van der Waals surface area (Å²) >= 11 is 0. The summed E-state index contributed by atoms with van der Waals surface area (Å²) in [4.78, 5) is 27.4. The third-order valence-electron chi connectivity index (χ3n) is 5.07. The number of nitrogens with zero attached hydrogens (tertiary/aromatic N) is 1. The van der Waals surface area contributed by atoms with Crippen molar-refractivity contribution >= 4 is 17.5 Å². The summed E-state index contributed by atoms with van der Waals surface area (Å²) in [7, 11) is 3.02. The molecule has 2 saturated heterocycles. The highest BCUT2D eigenvalue weighted by Gasteiger charge is 2.31. The summed E-state index contributed by atoms with van der Waals surface area (Å²) < 4.78 is 16.3. The van der Waals surface area contributed by atoms with Gasteiger partial charge in [0, 0.05) is 25.7 Å². The fourth-order valence-electron chi connectivity index (χ4n) is 3.54. The predicted octanol–water partition coefficient (Wildman–Crippen LogP) is 1.38. The van der Waals surface area contributed by atoms with Gasteiger partial charge in [-0.1, -0.05) is 0 Å². The molecule has 0 radical (unpaired) electrons. The van der Waals surface area contributed by atoms with Crippen molar-refractivity contribution in [3.8, 4) is 11.5 Å². The summed E-state index contributed by atoms with van der Waals surface area (Å²) in [6.45, 7) is 1.81. The molecule has 1 aromatic rings. The first kappa shape index (κ1) is 19.4. The maximum Gasteiger partial charge on any atom is 0.256 e. The Hall–Kier alpha value is -2.32. The van der Waals surface area contributed by atoms with Gasteiger partial charge in [-0.05, 0) is 31.7 Å². The predicted molar refractivity (Wildman–Crippen MR) is 100 cm³/mol. The molecule has 0 bridgehead atoms. The van der Waals surface area contributed by atoms with Gasteiger partial charge < -0.3 is 30.2 Å². The standard InChI is InChI=1S/C19H27N3O5/c1-25-16-9-13(19(24)22-7-3-4-8-22)14(10-17(16)26-2)21-18(23)15-6-5-12(11-20)27-15/h9-10,12,15H,3-8,11,20H2,1-2H3,(H,21,23)/t12-,15+/m1/s1. The summed E-state index contributed by atoms with van der Waals surface area (Å²) in [6, 6.07) is 3.24. The molecule has 2 heterocycles. The van der Waals surface area contributed by atoms with Gasteiger partial charge in [0.2, 0.25) is 0 Å². The molecule has 2 aliphatic rings. The third-order valence-corrected chi connectivity index (χ3v) is 5.07. The van der Waals surface area contributed by atoms with Gasteiger partial charge in [0.1, 0.15) is 6.10 Å². The topological polar surface area (TPSA) is 103 Å². The molecule has 3 N–H and O–H groups in total. The Balaban J connectivity index is 1.87. The van der Waals surface area contributed by atoms with Gasteiger partial charge >= 0.3 is 0 Å². The lowest BCUT2D eigenvalue weighted by Crippen LogP contribution is -2.32. The van der Waals surface area contributed by atoms with E-state index in [1.54, 1.807) is 17.0 Å². The van der Waals surface area contributed by atoms with E-state index in [2.05, 4.69) is 5.32 Å². The number of nitrogens with two attached hydrogens (primary N) is 1. The first-order chi connectivity index (χ1) is 13.1. The molecule has 2 fully saturated rings. The Morgan fingerprint density at radius 3 is 2.44 bits per heavy atom. The van der Waals surface area contributed by atoms with E-state index in [9.17, 15) is 9.59 Å². The Morgan fingerprint density at radius 1 is 1.19 bits per heavy atom. The van der Waals surface area contributed by atoms with Crippen molar-refractivity contribution in [1.82, 2.24) is 4.90 Å². The van der Waals surface area contributed by atoms with Gasteiger partial charge in [-0.2, -0.15) is 0 Å². The first-order valence-electron chi connectivity index (χ1n) is 9.29. The Morgan fingerprint density at radius 2 is 1.85 bits per heavy atom. The molecule has 8 nitrogen and oxygen atoms in total. The molecule has 2 amide bonds. The van der Waals surface area contributed by atoms with Crippen molar-refractivity contribution in [3.63, 3.8) is 0 Å². The van der Waals surface area contributed by atoms with Crippen molar-refractivity contribution in [2.24, 2.45) is 5.73 Å². The number of nitrogens with one attached hydrogen (secondary N) is 1. The first-order valence-corrected chi connectivity index (χ1v) is 9.29. The number of hydrogen-bond donors (Lipinski definition) is 2. The second kappa shape index (κ2) is 8.58. The van der Waals surface area contributed by atoms with E-state index >= 15 is 0 Å². The van der Waals surface area contributed by atoms with Crippen LogP contribution in [0.5, 0.6) is 11.5 Å². The summed E-state index contributed by atoms with van der Waals surface area (Å²) in [5.41, 5.74) is 6.40. The highest BCUT2D eigenvalue weighted by molar-refractivity contribution is 6.05. The molecule has 8 heteroatoms. The molecule has 0 saturated carbocycles. The molecule has 27 heavy (non-hydrogen) atoms. The van der Waals surface area contributed by atoms with Gasteiger partial charge in [0.05, 0.1) is 31.6 Å². The minimum Gasteiger partial charge on any atom is -0.493 e. The van der Waals surface area contributed by atoms with Crippen LogP contribution in [-0.4, -0.2) is 62.8 Å². The van der Waals surface area contributed by atoms with Crippen molar-refractivity contribution in [2.75, 3.05) is 39.2 Å². The lowest BCUT2D eigenvalue weighted by Gasteiger charge is -2.21. The Bertz CT molecular complexity index is 703. The number of rotatable bonds is 6. The maximum absolute atomic E-state index is 13.0. The second-order valence-electron chi connectivity index (χ2n) is 6.80. The SMILES string of the molecule is COc1cc(NC(=O)[C@@H]2CC[C@H](CN)O2)c(C(=O)N2CCCC2)cc1OC. The van der Waals surface area contributed by atoms with Crippen molar-refractivity contribution in [1.29, 1.82) is 0 Å². The van der Waals surface area contributed by atoms with Crippen LogP contribution in [0.25, 0.3) is 0 Å². The number of benzene rings is 1. The number of likely N-dealkylation sites (tertiary alicyclic amines) is 1. The van der Waals surface area contributed by atoms with Gasteiger partial charge in [-0.15, -0.1) is 0 Å². The fourth-order valence-corrected chi connectivity index (χ4v) is 3.54. The van der Waals surface area contributed by atoms with Crippen LogP contribution < -0.4 is 20.5 Å². The van der Waals surface area contributed by atoms with Crippen LogP contribution in [0.15, 0.2) is 12.1 Å². The van der Waals surface area contributed by atoms with Crippen LogP contribution in [-0.2, 0) is 9.53 Å². The molecule has 0 aliphatic carbocycles. The maximum atomic E-state index is 13.0. The average molecular weight is 377 g/mol. The van der Waals surface area contributed by atoms with Gasteiger partial charge in [0.25, 0.3) is 11.8 Å². The smallest absolute Gasteiger partial charge is 0.256 e. The van der Waals surface area contributed by atoms with E-state index in [0.29, 0.717) is 48.8 Å². The molecule has 0 unspecified atom stereocenters. The van der Waals surface area contributed by atoms with Crippen LogP contribution >= 0.6 is 0 Å². The summed E-state index contributed by atoms with van der Waals surface area (Å²) in [5.74, 6) is 0.473. The zero-order chi connectivity index (χ0) is 19.4. The number of ether oxygens (including phenoxy) is 3. The highest BCUT2D eigenvalue weighted by atomic mass is 16.5. The lowest BCUT2D eigenvalue weighted by molar-refractivity contribution is -0.126. The van der Waals surface area contributed by atoms with E-state index < -0.39 is 6.10 Å². The molecule has 1 aromatic carbocycles. The van der Waals surface area contributed by atoms with Crippen LogP contribution in [0.2, 0.25) is 0 Å². The third kappa shape index (κ3) is 4.17.